The van der Waals surface area contributed by atoms with Crippen molar-refractivity contribution in [1.82, 2.24) is 14.7 Å². The molecule has 3 rings (SSSR count). The molecule has 3 unspecified atom stereocenters. The summed E-state index contributed by atoms with van der Waals surface area (Å²) in [6, 6.07) is 5.69. The minimum absolute atomic E-state index is 0.0378. The number of benzene rings is 1. The molecule has 3 atom stereocenters. The highest BCUT2D eigenvalue weighted by Gasteiger charge is 2.50. The number of likely N-dealkylation sites (tertiary alicyclic amines) is 2. The number of alkyl halides is 3. The molecule has 7 nitrogen and oxygen atoms in total. The highest BCUT2D eigenvalue weighted by atomic mass is 19.4. The van der Waals surface area contributed by atoms with Crippen LogP contribution in [0, 0.1) is 11.3 Å². The molecule has 1 aromatic rings. The van der Waals surface area contributed by atoms with Crippen molar-refractivity contribution >= 4 is 11.8 Å². The minimum atomic E-state index is -4.48. The molecule has 2 heterocycles. The Kier molecular flexibility index (Phi) is 7.41. The topological polar surface area (TPSA) is 93.7 Å². The lowest BCUT2D eigenvalue weighted by Crippen LogP contribution is -2.56. The lowest BCUT2D eigenvalue weighted by atomic mass is 10.1. The van der Waals surface area contributed by atoms with Crippen LogP contribution < -0.4 is 5.73 Å². The summed E-state index contributed by atoms with van der Waals surface area (Å²) >= 11 is 0. The molecule has 2 aliphatic rings. The maximum atomic E-state index is 13.3. The van der Waals surface area contributed by atoms with Gasteiger partial charge in [-0.1, -0.05) is 31.5 Å². The number of nitrogens with two attached hydrogens (primary N) is 1. The number of piperazine rings is 1. The maximum absolute atomic E-state index is 13.3. The Hall–Kier alpha value is -2.64. The number of halogens is 3. The first-order valence-corrected chi connectivity index (χ1v) is 10.8. The van der Waals surface area contributed by atoms with Crippen LogP contribution >= 0.6 is 0 Å². The fraction of sp³-hybridized carbons (Fsp3) is 0.591. The Bertz CT molecular complexity index is 885. The van der Waals surface area contributed by atoms with Gasteiger partial charge in [-0.05, 0) is 24.5 Å². The highest BCUT2D eigenvalue weighted by molar-refractivity contribution is 5.86. The summed E-state index contributed by atoms with van der Waals surface area (Å²) in [5, 5.41) is 8.98. The third kappa shape index (κ3) is 5.05. The first-order chi connectivity index (χ1) is 15.2. The Labute approximate surface area is 185 Å². The second-order valence-electron chi connectivity index (χ2n) is 8.36. The molecule has 2 saturated heterocycles. The number of nitriles is 1. The molecule has 0 saturated carbocycles. The van der Waals surface area contributed by atoms with Crippen LogP contribution in [0.2, 0.25) is 0 Å². The highest BCUT2D eigenvalue weighted by Crippen LogP contribution is 2.36. The summed E-state index contributed by atoms with van der Waals surface area (Å²) < 4.78 is 39.9. The smallest absolute Gasteiger partial charge is 0.333 e. The number of nitrogens with zero attached hydrogens (tertiary/aromatic N) is 4. The monoisotopic (exact) mass is 451 g/mol. The molecule has 0 radical (unpaired) electrons. The number of carbonyl (C=O) groups is 2. The van der Waals surface area contributed by atoms with Crippen molar-refractivity contribution < 1.29 is 22.8 Å². The predicted molar refractivity (Wildman–Crippen MR) is 111 cm³/mol. The molecule has 174 valence electrons. The van der Waals surface area contributed by atoms with Crippen LogP contribution in [0.15, 0.2) is 24.3 Å². The molecular weight excluding hydrogens is 423 g/mol. The minimum Gasteiger partial charge on any atom is -0.333 e. The van der Waals surface area contributed by atoms with E-state index in [1.54, 1.807) is 0 Å². The standard InChI is InChI=1S/C22H28F3N5O2/c1-2-3-9-28(10-8-26)20(31)18(27)14-29-13-16-11-19(29)21(32)30(16)12-15-6-4-5-7-17(15)22(23,24)25/h4-7,16,18-19H,2-3,9-14,27H2,1H3. The number of unbranched alkanes of at least 4 members (excludes halogenated alkanes) is 1. The maximum Gasteiger partial charge on any atom is 0.416 e. The van der Waals surface area contributed by atoms with E-state index in [0.29, 0.717) is 19.5 Å². The molecule has 2 bridgehead atoms. The molecule has 10 heteroatoms. The Morgan fingerprint density at radius 1 is 1.38 bits per heavy atom. The van der Waals surface area contributed by atoms with Crippen molar-refractivity contribution in [2.45, 2.75) is 57.0 Å². The van der Waals surface area contributed by atoms with E-state index in [-0.39, 0.29) is 43.1 Å². The quantitative estimate of drug-likeness (QED) is 0.580. The third-order valence-electron chi connectivity index (χ3n) is 6.16. The Balaban J connectivity index is 1.63. The van der Waals surface area contributed by atoms with E-state index in [2.05, 4.69) is 0 Å². The molecule has 2 N–H and O–H groups in total. The fourth-order valence-corrected chi connectivity index (χ4v) is 4.53. The second-order valence-corrected chi connectivity index (χ2v) is 8.36. The average molecular weight is 451 g/mol. The van der Waals surface area contributed by atoms with Gasteiger partial charge in [-0.3, -0.25) is 14.5 Å². The molecule has 0 spiro atoms. The van der Waals surface area contributed by atoms with E-state index in [1.807, 2.05) is 17.9 Å². The van der Waals surface area contributed by atoms with Crippen LogP contribution in [0.1, 0.15) is 37.3 Å². The summed E-state index contributed by atoms with van der Waals surface area (Å²) in [4.78, 5) is 30.3. The number of amides is 2. The van der Waals surface area contributed by atoms with Gasteiger partial charge in [0.25, 0.3) is 0 Å². The van der Waals surface area contributed by atoms with Crippen LogP contribution in [0.5, 0.6) is 0 Å². The van der Waals surface area contributed by atoms with Crippen LogP contribution in [0.3, 0.4) is 0 Å². The second kappa shape index (κ2) is 9.88. The Morgan fingerprint density at radius 2 is 2.09 bits per heavy atom. The molecule has 0 aliphatic carbocycles. The molecule has 2 aliphatic heterocycles. The Morgan fingerprint density at radius 3 is 2.72 bits per heavy atom. The summed E-state index contributed by atoms with van der Waals surface area (Å²) in [6.07, 6.45) is -2.33. The average Bonchev–Trinajstić information content (AvgIpc) is 3.29. The number of rotatable bonds is 9. The van der Waals surface area contributed by atoms with Crippen LogP contribution in [0.4, 0.5) is 13.2 Å². The van der Waals surface area contributed by atoms with Gasteiger partial charge >= 0.3 is 6.18 Å². The van der Waals surface area contributed by atoms with Crippen molar-refractivity contribution in [3.05, 3.63) is 35.4 Å². The van der Waals surface area contributed by atoms with Crippen LogP contribution in [-0.4, -0.2) is 70.8 Å². The summed E-state index contributed by atoms with van der Waals surface area (Å²) in [5.74, 6) is -0.566. The molecule has 2 amide bonds. The molecule has 0 aromatic heterocycles. The normalized spacial score (nSPS) is 21.6. The molecular formula is C22H28F3N5O2. The van der Waals surface area contributed by atoms with Gasteiger partial charge in [0.05, 0.1) is 23.7 Å². The lowest BCUT2D eigenvalue weighted by Gasteiger charge is -2.35. The van der Waals surface area contributed by atoms with Crippen LogP contribution in [-0.2, 0) is 22.3 Å². The van der Waals surface area contributed by atoms with Gasteiger partial charge < -0.3 is 15.5 Å². The number of hydrogen-bond donors (Lipinski definition) is 1. The molecule has 2 fully saturated rings. The number of hydrogen-bond acceptors (Lipinski definition) is 5. The largest absolute Gasteiger partial charge is 0.416 e. The van der Waals surface area contributed by atoms with Crippen molar-refractivity contribution in [1.29, 1.82) is 5.26 Å². The summed E-state index contributed by atoms with van der Waals surface area (Å²) in [5.41, 5.74) is 5.45. The zero-order valence-electron chi connectivity index (χ0n) is 18.0. The van der Waals surface area contributed by atoms with Gasteiger partial charge in [0.2, 0.25) is 11.8 Å². The van der Waals surface area contributed by atoms with E-state index in [0.717, 1.165) is 18.9 Å². The molecule has 32 heavy (non-hydrogen) atoms. The van der Waals surface area contributed by atoms with Gasteiger partial charge in [0.15, 0.2) is 0 Å². The number of carbonyl (C=O) groups excluding carboxylic acids is 2. The first kappa shape index (κ1) is 24.0. The summed E-state index contributed by atoms with van der Waals surface area (Å²) in [6.45, 7) is 2.94. The lowest BCUT2D eigenvalue weighted by molar-refractivity contribution is -0.142. The predicted octanol–water partition coefficient (Wildman–Crippen LogP) is 1.97. The zero-order valence-corrected chi connectivity index (χ0v) is 18.0. The van der Waals surface area contributed by atoms with Crippen molar-refractivity contribution in [3.63, 3.8) is 0 Å². The van der Waals surface area contributed by atoms with Gasteiger partial charge in [-0.15, -0.1) is 0 Å². The zero-order chi connectivity index (χ0) is 23.5. The molecule has 1 aromatic carbocycles. The van der Waals surface area contributed by atoms with Gasteiger partial charge in [0, 0.05) is 32.2 Å². The van der Waals surface area contributed by atoms with E-state index in [9.17, 15) is 22.8 Å². The van der Waals surface area contributed by atoms with Crippen molar-refractivity contribution in [2.75, 3.05) is 26.2 Å². The third-order valence-corrected chi connectivity index (χ3v) is 6.16. The van der Waals surface area contributed by atoms with E-state index >= 15 is 0 Å². The van der Waals surface area contributed by atoms with E-state index < -0.39 is 23.8 Å². The van der Waals surface area contributed by atoms with Gasteiger partial charge in [-0.2, -0.15) is 18.4 Å². The van der Waals surface area contributed by atoms with Gasteiger partial charge in [-0.25, -0.2) is 0 Å². The van der Waals surface area contributed by atoms with E-state index in [1.165, 1.54) is 28.0 Å². The summed E-state index contributed by atoms with van der Waals surface area (Å²) in [7, 11) is 0. The fourth-order valence-electron chi connectivity index (χ4n) is 4.53. The van der Waals surface area contributed by atoms with E-state index in [4.69, 9.17) is 11.0 Å². The first-order valence-electron chi connectivity index (χ1n) is 10.8. The number of fused-ring (bicyclic) bond motifs is 2. The van der Waals surface area contributed by atoms with Crippen molar-refractivity contribution in [3.8, 4) is 6.07 Å². The van der Waals surface area contributed by atoms with Crippen molar-refractivity contribution in [2.24, 2.45) is 5.73 Å². The van der Waals surface area contributed by atoms with Gasteiger partial charge in [0.1, 0.15) is 6.54 Å². The van der Waals surface area contributed by atoms with Crippen LogP contribution in [0.25, 0.3) is 0 Å². The SMILES string of the molecule is CCCCN(CC#N)C(=O)C(N)CN1CC2CC1C(=O)N2Cc1ccccc1C(F)(F)F.